The van der Waals surface area contributed by atoms with Crippen LogP contribution in [-0.4, -0.2) is 65.0 Å². The number of ether oxygens (including phenoxy) is 5. The van der Waals surface area contributed by atoms with Crippen molar-refractivity contribution in [2.24, 2.45) is 0 Å². The summed E-state index contributed by atoms with van der Waals surface area (Å²) in [6.07, 6.45) is -5.93. The van der Waals surface area contributed by atoms with Gasteiger partial charge in [0.05, 0.1) is 34.7 Å². The van der Waals surface area contributed by atoms with Gasteiger partial charge in [0.25, 0.3) is 0 Å². The van der Waals surface area contributed by atoms with Crippen LogP contribution in [0, 0.1) is 0 Å². The summed E-state index contributed by atoms with van der Waals surface area (Å²) in [5.74, 6) is -3.11. The number of carbonyl (C=O) groups is 4. The van der Waals surface area contributed by atoms with E-state index in [0.717, 1.165) is 4.57 Å². The molecule has 286 valence electrons. The zero-order chi connectivity index (χ0) is 39.7. The number of benzene rings is 5. The van der Waals surface area contributed by atoms with Crippen molar-refractivity contribution in [3.05, 3.63) is 184 Å². The lowest BCUT2D eigenvalue weighted by Crippen LogP contribution is -2.43. The van der Waals surface area contributed by atoms with Gasteiger partial charge < -0.3 is 23.7 Å². The van der Waals surface area contributed by atoms with E-state index in [0.29, 0.717) is 11.1 Å². The molecule has 2 heterocycles. The van der Waals surface area contributed by atoms with E-state index < -0.39 is 60.7 Å². The minimum Gasteiger partial charge on any atom is -0.462 e. The average molecular weight is 765 g/mol. The molecule has 57 heavy (non-hydrogen) atoms. The Kier molecular flexibility index (Phi) is 11.7. The molecule has 5 aromatic carbocycles. The summed E-state index contributed by atoms with van der Waals surface area (Å²) >= 11 is 0. The Balaban J connectivity index is 1.43. The van der Waals surface area contributed by atoms with Gasteiger partial charge in [0.15, 0.2) is 18.4 Å². The fourth-order valence-corrected chi connectivity index (χ4v) is 6.52. The lowest BCUT2D eigenvalue weighted by Gasteiger charge is -2.27. The van der Waals surface area contributed by atoms with Crippen molar-refractivity contribution in [3.63, 3.8) is 0 Å². The molecule has 7 rings (SSSR count). The van der Waals surface area contributed by atoms with E-state index in [9.17, 15) is 24.0 Å². The second-order valence-corrected chi connectivity index (χ2v) is 12.8. The first-order valence-electron chi connectivity index (χ1n) is 18.2. The third kappa shape index (κ3) is 8.41. The number of hydrogen-bond acceptors (Lipinski definition) is 11. The summed E-state index contributed by atoms with van der Waals surface area (Å²) in [6.45, 7) is 1.16. The Morgan fingerprint density at radius 3 is 1.54 bits per heavy atom. The first kappa shape index (κ1) is 38.1. The molecule has 0 aliphatic carbocycles. The summed E-state index contributed by atoms with van der Waals surface area (Å²) in [7, 11) is 0. The minimum absolute atomic E-state index is 0.00400. The van der Waals surface area contributed by atoms with Gasteiger partial charge in [0.2, 0.25) is 0 Å². The smallest absolute Gasteiger partial charge is 0.350 e. The second-order valence-electron chi connectivity index (χ2n) is 12.8. The Bertz CT molecular complexity index is 2410. The van der Waals surface area contributed by atoms with Gasteiger partial charge in [-0.3, -0.25) is 4.57 Å². The van der Waals surface area contributed by atoms with Gasteiger partial charge in [0, 0.05) is 5.56 Å². The summed E-state index contributed by atoms with van der Waals surface area (Å²) in [4.78, 5) is 74.0. The van der Waals surface area contributed by atoms with E-state index >= 15 is 0 Å². The minimum atomic E-state index is -1.60. The van der Waals surface area contributed by atoms with Gasteiger partial charge in [-0.15, -0.1) is 0 Å². The van der Waals surface area contributed by atoms with Gasteiger partial charge in [-0.1, -0.05) is 115 Å². The molecule has 0 N–H and O–H groups in total. The van der Waals surface area contributed by atoms with Gasteiger partial charge >= 0.3 is 29.6 Å². The second kappa shape index (κ2) is 17.5. The third-order valence-electron chi connectivity index (χ3n) is 9.14. The first-order chi connectivity index (χ1) is 27.8. The number of hydrogen-bond donors (Lipinski definition) is 0. The maximum absolute atomic E-state index is 14.6. The van der Waals surface area contributed by atoms with E-state index in [4.69, 9.17) is 23.7 Å². The standard InChI is InChI=1S/C45H36N2O10/c1-2-53-44(51)35-36(29-18-8-3-9-19-29)46-45(52)47(37(35)30-20-10-4-11-21-30)40-39(57-43(50)33-26-16-7-17-27-33)38(56-42(49)32-24-14-6-15-25-32)34(55-40)28-54-41(48)31-22-12-5-13-23-31/h3-27,34,38-40H,2,28H2,1H3/t34-,38-,39-,40-/m1/s1. The number of aromatic nitrogens is 2. The molecule has 12 heteroatoms. The number of esters is 4. The zero-order valence-corrected chi connectivity index (χ0v) is 30.6. The molecular weight excluding hydrogens is 728 g/mol. The molecule has 1 fully saturated rings. The molecule has 0 amide bonds. The highest BCUT2D eigenvalue weighted by Crippen LogP contribution is 2.39. The van der Waals surface area contributed by atoms with Crippen LogP contribution in [0.15, 0.2) is 156 Å². The fraction of sp³-hybridized carbons (Fsp3) is 0.156. The van der Waals surface area contributed by atoms with Crippen molar-refractivity contribution in [1.82, 2.24) is 9.55 Å². The van der Waals surface area contributed by atoms with Crippen LogP contribution in [0.4, 0.5) is 0 Å². The summed E-state index contributed by atoms with van der Waals surface area (Å²) in [5.41, 5.74) is 0.563. The Hall–Kier alpha value is -7.18. The molecule has 6 aromatic rings. The van der Waals surface area contributed by atoms with Crippen LogP contribution < -0.4 is 5.69 Å². The third-order valence-corrected chi connectivity index (χ3v) is 9.14. The summed E-state index contributed by atoms with van der Waals surface area (Å²) in [6, 6.07) is 41.7. The largest absolute Gasteiger partial charge is 0.462 e. The molecule has 1 aliphatic heterocycles. The predicted molar refractivity (Wildman–Crippen MR) is 207 cm³/mol. The van der Waals surface area contributed by atoms with E-state index in [2.05, 4.69) is 4.98 Å². The van der Waals surface area contributed by atoms with Gasteiger partial charge in [-0.25, -0.2) is 24.0 Å². The number of carbonyl (C=O) groups excluding carboxylic acids is 4. The lowest BCUT2D eigenvalue weighted by atomic mass is 9.99. The molecule has 0 radical (unpaired) electrons. The van der Waals surface area contributed by atoms with Gasteiger partial charge in [0.1, 0.15) is 18.3 Å². The normalized spacial score (nSPS) is 17.3. The van der Waals surface area contributed by atoms with Crippen molar-refractivity contribution in [3.8, 4) is 22.5 Å². The quantitative estimate of drug-likeness (QED) is 0.0941. The van der Waals surface area contributed by atoms with Crippen molar-refractivity contribution in [2.75, 3.05) is 13.2 Å². The molecule has 4 atom stereocenters. The van der Waals surface area contributed by atoms with Crippen molar-refractivity contribution in [2.45, 2.75) is 31.5 Å². The van der Waals surface area contributed by atoms with Crippen molar-refractivity contribution >= 4 is 23.9 Å². The lowest BCUT2D eigenvalue weighted by molar-refractivity contribution is -0.0633. The summed E-state index contributed by atoms with van der Waals surface area (Å²) < 4.78 is 31.2. The van der Waals surface area contributed by atoms with E-state index in [-0.39, 0.29) is 40.2 Å². The monoisotopic (exact) mass is 764 g/mol. The van der Waals surface area contributed by atoms with E-state index in [1.165, 1.54) is 12.1 Å². The van der Waals surface area contributed by atoms with Crippen molar-refractivity contribution in [1.29, 1.82) is 0 Å². The fourth-order valence-electron chi connectivity index (χ4n) is 6.52. The predicted octanol–water partition coefficient (Wildman–Crippen LogP) is 6.96. The number of nitrogens with zero attached hydrogens (tertiary/aromatic N) is 2. The number of rotatable bonds is 12. The Morgan fingerprint density at radius 2 is 1.04 bits per heavy atom. The average Bonchev–Trinajstić information content (AvgIpc) is 3.58. The molecule has 1 saturated heterocycles. The SMILES string of the molecule is CCOC(=O)c1c(-c2ccccc2)nc(=O)n([C@@H]2O[C@H](COC(=O)c3ccccc3)[C@@H](OC(=O)c3ccccc3)[C@H]2OC(=O)c2ccccc2)c1-c1ccccc1. The molecular formula is C45H36N2O10. The molecule has 0 spiro atoms. The first-order valence-corrected chi connectivity index (χ1v) is 18.2. The van der Waals surface area contributed by atoms with Crippen LogP contribution in [0.5, 0.6) is 0 Å². The zero-order valence-electron chi connectivity index (χ0n) is 30.6. The Labute approximate surface area is 327 Å². The maximum Gasteiger partial charge on any atom is 0.350 e. The van der Waals surface area contributed by atoms with Crippen LogP contribution in [0.3, 0.4) is 0 Å². The summed E-state index contributed by atoms with van der Waals surface area (Å²) in [5, 5.41) is 0. The van der Waals surface area contributed by atoms with Gasteiger partial charge in [-0.2, -0.15) is 4.98 Å². The molecule has 0 saturated carbocycles. The molecule has 1 aliphatic rings. The maximum atomic E-state index is 14.6. The molecule has 0 unspecified atom stereocenters. The van der Waals surface area contributed by atoms with Crippen LogP contribution in [0.2, 0.25) is 0 Å². The van der Waals surface area contributed by atoms with Crippen molar-refractivity contribution < 1.29 is 42.9 Å². The van der Waals surface area contributed by atoms with Crippen LogP contribution in [0.1, 0.15) is 54.6 Å². The van der Waals surface area contributed by atoms with Crippen LogP contribution in [-0.2, 0) is 23.7 Å². The highest BCUT2D eigenvalue weighted by Gasteiger charge is 2.53. The van der Waals surface area contributed by atoms with Gasteiger partial charge in [-0.05, 0) is 48.9 Å². The highest BCUT2D eigenvalue weighted by atomic mass is 16.7. The van der Waals surface area contributed by atoms with E-state index in [1.807, 2.05) is 0 Å². The Morgan fingerprint density at radius 1 is 0.579 bits per heavy atom. The molecule has 12 nitrogen and oxygen atoms in total. The van der Waals surface area contributed by atoms with E-state index in [1.54, 1.807) is 146 Å². The molecule has 0 bridgehead atoms. The molecule has 1 aromatic heterocycles. The topological polar surface area (TPSA) is 149 Å². The highest BCUT2D eigenvalue weighted by molar-refractivity contribution is 6.02. The van der Waals surface area contributed by atoms with Crippen LogP contribution in [0.25, 0.3) is 22.5 Å². The van der Waals surface area contributed by atoms with Crippen LogP contribution >= 0.6 is 0 Å².